The Kier molecular flexibility index (Phi) is 7.65. The predicted molar refractivity (Wildman–Crippen MR) is 53.4 cm³/mol. The molecule has 1 aromatic heterocycles. The minimum Gasteiger partial charge on any atom is -0.386 e. The van der Waals surface area contributed by atoms with E-state index in [9.17, 15) is 0 Å². The summed E-state index contributed by atoms with van der Waals surface area (Å²) >= 11 is 0. The summed E-state index contributed by atoms with van der Waals surface area (Å²) < 4.78 is 0. The van der Waals surface area contributed by atoms with E-state index in [4.69, 9.17) is 0 Å². The average Bonchev–Trinajstić information content (AvgIpc) is 2.05. The molecule has 0 aliphatic carbocycles. The normalized spacial score (nSPS) is 7.69. The fourth-order valence-corrected chi connectivity index (χ4v) is 0.964. The van der Waals surface area contributed by atoms with Gasteiger partial charge in [0.1, 0.15) is 0 Å². The van der Waals surface area contributed by atoms with E-state index in [0.29, 0.717) is 0 Å². The third-order valence-corrected chi connectivity index (χ3v) is 1.46. The maximum absolute atomic E-state index is 4.06. The summed E-state index contributed by atoms with van der Waals surface area (Å²) in [6.45, 7) is 0. The molecule has 2 heteroatoms. The van der Waals surface area contributed by atoms with Crippen LogP contribution in [-0.2, 0) is 19.5 Å². The Labute approximate surface area is 93.0 Å². The summed E-state index contributed by atoms with van der Waals surface area (Å²) in [4.78, 5) is 4.06. The fraction of sp³-hybridized carbons (Fsp3) is 0. The van der Waals surface area contributed by atoms with E-state index in [1.54, 1.807) is 0 Å². The molecule has 0 aliphatic heterocycles. The molecular formula is C11H12NZn-. The molecule has 0 unspecified atom stereocenters. The molecule has 0 bridgehead atoms. The summed E-state index contributed by atoms with van der Waals surface area (Å²) in [6.07, 6.45) is 2.79. The Balaban J connectivity index is 0. The van der Waals surface area contributed by atoms with E-state index in [-0.39, 0.29) is 34.3 Å². The van der Waals surface area contributed by atoms with Gasteiger partial charge in [-0.3, -0.25) is 0 Å². The number of benzene rings is 1. The average molecular weight is 224 g/mol. The van der Waals surface area contributed by atoms with Gasteiger partial charge in [0.05, 0.1) is 0 Å². The van der Waals surface area contributed by atoms with Crippen LogP contribution < -0.4 is 0 Å². The molecule has 13 heavy (non-hydrogen) atoms. The third kappa shape index (κ3) is 3.24. The van der Waals surface area contributed by atoms with Crippen molar-refractivity contribution in [2.45, 2.75) is 0 Å². The van der Waals surface area contributed by atoms with Crippen molar-refractivity contribution in [1.29, 1.82) is 0 Å². The van der Waals surface area contributed by atoms with Crippen LogP contribution in [0.25, 0.3) is 10.9 Å². The topological polar surface area (TPSA) is 12.9 Å². The van der Waals surface area contributed by atoms with Crippen LogP contribution in [-0.4, -0.2) is 4.98 Å². The van der Waals surface area contributed by atoms with Gasteiger partial charge in [-0.25, -0.2) is 0 Å². The van der Waals surface area contributed by atoms with Gasteiger partial charge < -0.3 is 19.8 Å². The van der Waals surface area contributed by atoms with Crippen LogP contribution in [0.15, 0.2) is 36.4 Å². The van der Waals surface area contributed by atoms with Gasteiger partial charge in [0.15, 0.2) is 0 Å². The molecule has 0 spiro atoms. The van der Waals surface area contributed by atoms with E-state index in [1.807, 2.05) is 36.4 Å². The van der Waals surface area contributed by atoms with Gasteiger partial charge in [-0.1, -0.05) is 30.5 Å². The zero-order valence-corrected chi connectivity index (χ0v) is 11.1. The van der Waals surface area contributed by atoms with Crippen molar-refractivity contribution < 1.29 is 19.5 Å². The molecule has 0 saturated carbocycles. The van der Waals surface area contributed by atoms with Gasteiger partial charge in [0, 0.05) is 0 Å². The van der Waals surface area contributed by atoms with Crippen molar-refractivity contribution in [3.63, 3.8) is 0 Å². The Hall–Kier alpha value is -0.747. The molecular weight excluding hydrogens is 212 g/mol. The number of aromatic nitrogens is 1. The molecule has 64 valence electrons. The summed E-state index contributed by atoms with van der Waals surface area (Å²) in [5.74, 6) is 0. The molecule has 1 nitrogen and oxygen atoms in total. The van der Waals surface area contributed by atoms with Crippen molar-refractivity contribution in [2.24, 2.45) is 0 Å². The molecule has 0 amide bonds. The fourth-order valence-electron chi connectivity index (χ4n) is 0.964. The first-order valence-electron chi connectivity index (χ1n) is 3.19. The van der Waals surface area contributed by atoms with Crippen molar-refractivity contribution in [3.05, 3.63) is 57.4 Å². The first-order chi connectivity index (χ1) is 4.97. The number of hydrogen-bond donors (Lipinski definition) is 0. The Morgan fingerprint density at radius 1 is 1.00 bits per heavy atom. The molecule has 2 aromatic rings. The maximum atomic E-state index is 4.06. The number of rotatable bonds is 0. The van der Waals surface area contributed by atoms with Crippen LogP contribution in [0.1, 0.15) is 0 Å². The Morgan fingerprint density at radius 3 is 2.38 bits per heavy atom. The molecule has 0 N–H and O–H groups in total. The summed E-state index contributed by atoms with van der Waals surface area (Å²) in [6, 6.07) is 11.8. The second-order valence-electron chi connectivity index (χ2n) is 2.13. The summed E-state index contributed by atoms with van der Waals surface area (Å²) in [5.41, 5.74) is 1.00. The van der Waals surface area contributed by atoms with Crippen LogP contribution >= 0.6 is 0 Å². The second kappa shape index (κ2) is 6.74. The predicted octanol–water partition coefficient (Wildman–Crippen LogP) is 2.93. The van der Waals surface area contributed by atoms with Crippen LogP contribution in [0.3, 0.4) is 0 Å². The Morgan fingerprint density at radius 2 is 1.69 bits per heavy atom. The molecule has 0 fully saturated rings. The largest absolute Gasteiger partial charge is 2.00 e. The second-order valence-corrected chi connectivity index (χ2v) is 2.13. The van der Waals surface area contributed by atoms with Gasteiger partial charge in [0.25, 0.3) is 0 Å². The van der Waals surface area contributed by atoms with Crippen molar-refractivity contribution >= 4 is 10.9 Å². The number of fused-ring (bicyclic) bond motifs is 1. The SMILES string of the molecule is [CH3-].[CH3-].[Zn+2].[c-]1ccc2ccccc2n1. The number of nitrogens with zero attached hydrogens (tertiary/aromatic N) is 1. The molecule has 1 heterocycles. The first-order valence-corrected chi connectivity index (χ1v) is 3.19. The van der Waals surface area contributed by atoms with Crippen LogP contribution in [0.5, 0.6) is 0 Å². The number of hydrogen-bond acceptors (Lipinski definition) is 1. The Bertz CT molecular complexity index is 281. The van der Waals surface area contributed by atoms with Gasteiger partial charge in [0.2, 0.25) is 0 Å². The maximum Gasteiger partial charge on any atom is 2.00 e. The molecule has 0 aliphatic rings. The molecule has 0 radical (unpaired) electrons. The van der Waals surface area contributed by atoms with E-state index in [1.165, 1.54) is 5.39 Å². The minimum absolute atomic E-state index is 0. The molecule has 2 rings (SSSR count). The van der Waals surface area contributed by atoms with Gasteiger partial charge in [-0.2, -0.15) is 12.1 Å². The standard InChI is InChI=1S/C9H6N.2CH3.Zn/c1-2-6-9-8(4-1)5-3-7-10-9;;;/h1-6H;2*1H3;/q3*-1;+2. The van der Waals surface area contributed by atoms with E-state index in [2.05, 4.69) is 11.2 Å². The molecule has 0 atom stereocenters. The van der Waals surface area contributed by atoms with Crippen molar-refractivity contribution in [2.75, 3.05) is 0 Å². The first kappa shape index (κ1) is 14.8. The van der Waals surface area contributed by atoms with E-state index >= 15 is 0 Å². The van der Waals surface area contributed by atoms with E-state index < -0.39 is 0 Å². The monoisotopic (exact) mass is 222 g/mol. The molecule has 1 aromatic carbocycles. The van der Waals surface area contributed by atoms with Crippen LogP contribution in [0.4, 0.5) is 0 Å². The van der Waals surface area contributed by atoms with Crippen LogP contribution in [0, 0.1) is 21.1 Å². The zero-order valence-electron chi connectivity index (χ0n) is 8.12. The smallest absolute Gasteiger partial charge is 0.386 e. The third-order valence-electron chi connectivity index (χ3n) is 1.46. The molecule has 0 saturated heterocycles. The van der Waals surface area contributed by atoms with Gasteiger partial charge in [-0.05, 0) is 5.52 Å². The van der Waals surface area contributed by atoms with Crippen molar-refractivity contribution in [1.82, 2.24) is 4.98 Å². The number of pyridine rings is 1. The quantitative estimate of drug-likeness (QED) is 0.494. The zero-order chi connectivity index (χ0) is 6.81. The number of para-hydroxylation sites is 1. The summed E-state index contributed by atoms with van der Waals surface area (Å²) in [7, 11) is 0. The van der Waals surface area contributed by atoms with Gasteiger partial charge in [-0.15, -0.1) is 5.39 Å². The van der Waals surface area contributed by atoms with Crippen LogP contribution in [0.2, 0.25) is 0 Å². The minimum atomic E-state index is 0. The van der Waals surface area contributed by atoms with Gasteiger partial charge >= 0.3 is 19.5 Å². The van der Waals surface area contributed by atoms with Crippen molar-refractivity contribution in [3.8, 4) is 0 Å². The summed E-state index contributed by atoms with van der Waals surface area (Å²) in [5, 5.41) is 1.17. The van der Waals surface area contributed by atoms with E-state index in [0.717, 1.165) is 5.52 Å².